The Bertz CT molecular complexity index is 273. The lowest BCUT2D eigenvalue weighted by atomic mass is 10.3. The van der Waals surface area contributed by atoms with Crippen molar-refractivity contribution in [3.63, 3.8) is 0 Å². The van der Waals surface area contributed by atoms with Crippen LogP contribution in [0.1, 0.15) is 6.92 Å². The van der Waals surface area contributed by atoms with Crippen molar-refractivity contribution in [2.24, 2.45) is 5.73 Å². The summed E-state index contributed by atoms with van der Waals surface area (Å²) >= 11 is 0. The molecule has 0 saturated heterocycles. The largest absolute Gasteiger partial charge is 0.469 e. The van der Waals surface area contributed by atoms with Crippen LogP contribution in [0, 0.1) is 0 Å². The minimum absolute atomic E-state index is 0.553. The summed E-state index contributed by atoms with van der Waals surface area (Å²) in [5.41, 5.74) is 4.83. The smallest absolute Gasteiger partial charge is 0.368 e. The summed E-state index contributed by atoms with van der Waals surface area (Å²) in [6, 6.07) is -1.25. The second-order valence-electron chi connectivity index (χ2n) is 2.44. The van der Waals surface area contributed by atoms with Gasteiger partial charge in [0.05, 0.1) is 6.61 Å². The van der Waals surface area contributed by atoms with Gasteiger partial charge >= 0.3 is 7.82 Å². The van der Waals surface area contributed by atoms with Crippen LogP contribution in [0.2, 0.25) is 0 Å². The second kappa shape index (κ2) is 5.06. The number of carbonyl (C=O) groups is 2. The average molecular weight is 226 g/mol. The molecule has 9 heteroatoms. The molecule has 0 spiro atoms. The Hall–Kier alpha value is -0.950. The van der Waals surface area contributed by atoms with Crippen LogP contribution in [0.3, 0.4) is 0 Å². The van der Waals surface area contributed by atoms with Crippen molar-refractivity contribution < 1.29 is 28.5 Å². The van der Waals surface area contributed by atoms with E-state index >= 15 is 0 Å². The molecule has 0 aromatic carbocycles. The van der Waals surface area contributed by atoms with E-state index in [1.54, 1.807) is 0 Å². The van der Waals surface area contributed by atoms with Crippen LogP contribution >= 0.6 is 7.82 Å². The Morgan fingerprint density at radius 3 is 2.36 bits per heavy atom. The van der Waals surface area contributed by atoms with Crippen molar-refractivity contribution >= 4 is 19.6 Å². The molecule has 0 aromatic heterocycles. The second-order valence-corrected chi connectivity index (χ2v) is 3.68. The van der Waals surface area contributed by atoms with Crippen molar-refractivity contribution in [3.05, 3.63) is 0 Å². The van der Waals surface area contributed by atoms with Crippen molar-refractivity contribution in [2.75, 3.05) is 6.61 Å². The van der Waals surface area contributed by atoms with E-state index in [-0.39, 0.29) is 0 Å². The fourth-order valence-corrected chi connectivity index (χ4v) is 0.955. The van der Waals surface area contributed by atoms with Crippen LogP contribution in [0.25, 0.3) is 0 Å². The Labute approximate surface area is 79.7 Å². The molecular formula is C5H11N2O6P. The number of phosphoric ester groups is 1. The van der Waals surface area contributed by atoms with E-state index in [0.717, 1.165) is 6.92 Å². The maximum atomic E-state index is 10.6. The SMILES string of the molecule is CC(=O)N[C@@H](COP(=O)(O)O)C(N)=O. The fraction of sp³-hybridized carbons (Fsp3) is 0.600. The van der Waals surface area contributed by atoms with E-state index in [1.165, 1.54) is 0 Å². The van der Waals surface area contributed by atoms with Crippen LogP contribution in [-0.2, 0) is 18.7 Å². The van der Waals surface area contributed by atoms with Crippen molar-refractivity contribution in [1.82, 2.24) is 5.32 Å². The predicted molar refractivity (Wildman–Crippen MR) is 44.8 cm³/mol. The van der Waals surface area contributed by atoms with Gasteiger partial charge in [-0.25, -0.2) is 4.57 Å². The van der Waals surface area contributed by atoms with Gasteiger partial charge in [0.15, 0.2) is 0 Å². The van der Waals surface area contributed by atoms with Crippen molar-refractivity contribution in [2.45, 2.75) is 13.0 Å². The zero-order valence-corrected chi connectivity index (χ0v) is 8.23. The van der Waals surface area contributed by atoms with E-state index in [9.17, 15) is 14.2 Å². The van der Waals surface area contributed by atoms with Crippen LogP contribution in [0.4, 0.5) is 0 Å². The Morgan fingerprint density at radius 1 is 1.57 bits per heavy atom. The zero-order chi connectivity index (χ0) is 11.4. The van der Waals surface area contributed by atoms with Crippen LogP contribution in [0.15, 0.2) is 0 Å². The monoisotopic (exact) mass is 226 g/mol. The molecule has 0 aliphatic heterocycles. The molecule has 0 aliphatic rings. The molecule has 8 nitrogen and oxygen atoms in total. The molecule has 5 N–H and O–H groups in total. The van der Waals surface area contributed by atoms with Gasteiger partial charge in [0, 0.05) is 6.92 Å². The molecule has 0 bridgehead atoms. The molecule has 0 radical (unpaired) electrons. The summed E-state index contributed by atoms with van der Waals surface area (Å²) in [4.78, 5) is 37.8. The third-order valence-corrected chi connectivity index (χ3v) is 1.62. The van der Waals surface area contributed by atoms with Crippen LogP contribution in [0.5, 0.6) is 0 Å². The van der Waals surface area contributed by atoms with Crippen molar-refractivity contribution in [3.8, 4) is 0 Å². The molecule has 0 fully saturated rings. The van der Waals surface area contributed by atoms with Crippen molar-refractivity contribution in [1.29, 1.82) is 0 Å². The number of phosphoric acid groups is 1. The third-order valence-electron chi connectivity index (χ3n) is 1.13. The van der Waals surface area contributed by atoms with Gasteiger partial charge in [0.25, 0.3) is 0 Å². The molecule has 0 aromatic rings. The van der Waals surface area contributed by atoms with Gasteiger partial charge in [-0.2, -0.15) is 0 Å². The molecule has 2 amide bonds. The first-order chi connectivity index (χ1) is 6.22. The van der Waals surface area contributed by atoms with E-state index in [4.69, 9.17) is 15.5 Å². The van der Waals surface area contributed by atoms with E-state index in [1.807, 2.05) is 0 Å². The normalized spacial score (nSPS) is 13.4. The van der Waals surface area contributed by atoms with Gasteiger partial charge in [-0.15, -0.1) is 0 Å². The molecular weight excluding hydrogens is 215 g/mol. The van der Waals surface area contributed by atoms with E-state index in [2.05, 4.69) is 9.84 Å². The molecule has 14 heavy (non-hydrogen) atoms. The summed E-state index contributed by atoms with van der Waals surface area (Å²) in [7, 11) is -4.66. The lowest BCUT2D eigenvalue weighted by Gasteiger charge is -2.14. The number of rotatable bonds is 5. The number of carbonyl (C=O) groups excluding carboxylic acids is 2. The molecule has 0 saturated carbocycles. The molecule has 0 unspecified atom stereocenters. The number of amides is 2. The summed E-state index contributed by atoms with van der Waals surface area (Å²) in [6.07, 6.45) is 0. The number of primary amides is 1. The lowest BCUT2D eigenvalue weighted by Crippen LogP contribution is -2.46. The molecule has 1 atom stereocenters. The van der Waals surface area contributed by atoms with Gasteiger partial charge in [0.2, 0.25) is 11.8 Å². The highest BCUT2D eigenvalue weighted by Crippen LogP contribution is 2.35. The van der Waals surface area contributed by atoms with Crippen LogP contribution < -0.4 is 11.1 Å². The highest BCUT2D eigenvalue weighted by atomic mass is 31.2. The quantitative estimate of drug-likeness (QED) is 0.403. The topological polar surface area (TPSA) is 139 Å². The minimum Gasteiger partial charge on any atom is -0.368 e. The number of hydrogen-bond donors (Lipinski definition) is 4. The maximum absolute atomic E-state index is 10.6. The van der Waals surface area contributed by atoms with E-state index in [0.29, 0.717) is 0 Å². The van der Waals surface area contributed by atoms with Gasteiger partial charge in [-0.1, -0.05) is 0 Å². The Kier molecular flexibility index (Phi) is 4.72. The van der Waals surface area contributed by atoms with Gasteiger partial charge in [-0.3, -0.25) is 14.1 Å². The first-order valence-corrected chi connectivity index (χ1v) is 5.02. The minimum atomic E-state index is -4.66. The van der Waals surface area contributed by atoms with Crippen LogP contribution in [-0.4, -0.2) is 34.2 Å². The number of nitrogens with two attached hydrogens (primary N) is 1. The predicted octanol–water partition coefficient (Wildman–Crippen LogP) is -1.91. The lowest BCUT2D eigenvalue weighted by molar-refractivity contribution is -0.127. The zero-order valence-electron chi connectivity index (χ0n) is 7.34. The number of nitrogens with one attached hydrogen (secondary N) is 1. The Balaban J connectivity index is 4.18. The standard InChI is InChI=1S/C5H11N2O6P/c1-3(8)7-4(5(6)9)2-13-14(10,11)12/h4H,2H2,1H3,(H2,6,9)(H,7,8)(H2,10,11,12)/t4-/m0/s1. The number of hydrogen-bond acceptors (Lipinski definition) is 4. The average Bonchev–Trinajstić information content (AvgIpc) is 1.94. The highest BCUT2D eigenvalue weighted by Gasteiger charge is 2.22. The molecule has 0 heterocycles. The summed E-state index contributed by atoms with van der Waals surface area (Å²) in [5.74, 6) is -1.49. The van der Waals surface area contributed by atoms with Gasteiger partial charge in [-0.05, 0) is 0 Å². The fourth-order valence-electron chi connectivity index (χ4n) is 0.612. The van der Waals surface area contributed by atoms with E-state index < -0.39 is 32.3 Å². The highest BCUT2D eigenvalue weighted by molar-refractivity contribution is 7.46. The summed E-state index contributed by atoms with van der Waals surface area (Å²) in [5, 5.41) is 2.07. The molecule has 82 valence electrons. The molecule has 0 rings (SSSR count). The molecule has 0 aliphatic carbocycles. The first-order valence-electron chi connectivity index (χ1n) is 3.49. The summed E-state index contributed by atoms with van der Waals surface area (Å²) < 4.78 is 14.3. The Morgan fingerprint density at radius 2 is 2.07 bits per heavy atom. The van der Waals surface area contributed by atoms with Gasteiger partial charge in [0.1, 0.15) is 6.04 Å². The summed E-state index contributed by atoms with van der Waals surface area (Å²) in [6.45, 7) is 0.465. The first kappa shape index (κ1) is 13.1. The van der Waals surface area contributed by atoms with Gasteiger partial charge < -0.3 is 20.8 Å². The maximum Gasteiger partial charge on any atom is 0.469 e. The third kappa shape index (κ3) is 6.55.